The zero-order valence-corrected chi connectivity index (χ0v) is 11.9. The lowest BCUT2D eigenvalue weighted by atomic mass is 10.2. The Balaban J connectivity index is 1.85. The van der Waals surface area contributed by atoms with Crippen LogP contribution in [-0.4, -0.2) is 33.5 Å². The first-order valence-electron chi connectivity index (χ1n) is 6.19. The lowest BCUT2D eigenvalue weighted by molar-refractivity contribution is -0.137. The van der Waals surface area contributed by atoms with Gasteiger partial charge in [0, 0.05) is 6.54 Å². The van der Waals surface area contributed by atoms with Crippen molar-refractivity contribution in [3.05, 3.63) is 35.9 Å². The highest BCUT2D eigenvalue weighted by molar-refractivity contribution is 7.88. The van der Waals surface area contributed by atoms with Gasteiger partial charge < -0.3 is 9.47 Å². The molecule has 19 heavy (non-hydrogen) atoms. The van der Waals surface area contributed by atoms with E-state index in [2.05, 4.69) is 4.72 Å². The molecule has 0 aliphatic carbocycles. The molecule has 0 spiro atoms. The zero-order valence-electron chi connectivity index (χ0n) is 11.1. The Morgan fingerprint density at radius 1 is 1.32 bits per heavy atom. The Morgan fingerprint density at radius 3 is 2.58 bits per heavy atom. The van der Waals surface area contributed by atoms with Crippen molar-refractivity contribution in [1.29, 1.82) is 0 Å². The normalized spacial score (nSPS) is 22.5. The molecular weight excluding hydrogens is 266 g/mol. The average molecular weight is 285 g/mol. The lowest BCUT2D eigenvalue weighted by Crippen LogP contribution is -2.35. The maximum absolute atomic E-state index is 11.9. The van der Waals surface area contributed by atoms with E-state index in [1.807, 2.05) is 32.0 Å². The molecule has 106 valence electrons. The van der Waals surface area contributed by atoms with Crippen LogP contribution in [0.2, 0.25) is 0 Å². The van der Waals surface area contributed by atoms with Crippen LogP contribution in [-0.2, 0) is 25.2 Å². The van der Waals surface area contributed by atoms with Crippen molar-refractivity contribution in [2.75, 3.05) is 13.2 Å². The third kappa shape index (κ3) is 4.58. The molecular formula is C13H19NO4S. The van der Waals surface area contributed by atoms with Gasteiger partial charge in [-0.2, -0.15) is 0 Å². The minimum Gasteiger partial charge on any atom is -0.348 e. The molecule has 1 unspecified atom stereocenters. The van der Waals surface area contributed by atoms with E-state index in [1.165, 1.54) is 0 Å². The predicted molar refractivity (Wildman–Crippen MR) is 72.0 cm³/mol. The van der Waals surface area contributed by atoms with Crippen LogP contribution >= 0.6 is 0 Å². The molecule has 1 saturated heterocycles. The van der Waals surface area contributed by atoms with Crippen molar-refractivity contribution in [1.82, 2.24) is 4.72 Å². The molecule has 1 aliphatic heterocycles. The van der Waals surface area contributed by atoms with Crippen LogP contribution in [0.3, 0.4) is 0 Å². The van der Waals surface area contributed by atoms with E-state index in [0.717, 1.165) is 5.56 Å². The quantitative estimate of drug-likeness (QED) is 0.884. The van der Waals surface area contributed by atoms with E-state index >= 15 is 0 Å². The fourth-order valence-electron chi connectivity index (χ4n) is 1.93. The summed E-state index contributed by atoms with van der Waals surface area (Å²) in [6.07, 6.45) is -0.236. The second kappa shape index (κ2) is 5.58. The van der Waals surface area contributed by atoms with E-state index < -0.39 is 15.8 Å². The molecule has 1 aromatic rings. The van der Waals surface area contributed by atoms with Gasteiger partial charge in [-0.05, 0) is 19.4 Å². The van der Waals surface area contributed by atoms with Crippen molar-refractivity contribution < 1.29 is 17.9 Å². The molecule has 6 heteroatoms. The van der Waals surface area contributed by atoms with E-state index in [9.17, 15) is 8.42 Å². The summed E-state index contributed by atoms with van der Waals surface area (Å²) >= 11 is 0. The van der Waals surface area contributed by atoms with Crippen molar-refractivity contribution in [2.45, 2.75) is 31.5 Å². The van der Waals surface area contributed by atoms with E-state index in [4.69, 9.17) is 9.47 Å². The molecule has 1 aliphatic rings. The Morgan fingerprint density at radius 2 is 2.00 bits per heavy atom. The monoisotopic (exact) mass is 285 g/mol. The Labute approximate surface area is 114 Å². The number of sulfonamides is 1. The van der Waals surface area contributed by atoms with E-state index in [0.29, 0.717) is 6.61 Å². The summed E-state index contributed by atoms with van der Waals surface area (Å²) in [6.45, 7) is 4.26. The first-order valence-corrected chi connectivity index (χ1v) is 7.85. The lowest BCUT2D eigenvalue weighted by Gasteiger charge is -2.17. The smallest absolute Gasteiger partial charge is 0.215 e. The first-order chi connectivity index (χ1) is 8.86. The summed E-state index contributed by atoms with van der Waals surface area (Å²) in [5.41, 5.74) is 0.763. The number of nitrogens with one attached hydrogen (secondary N) is 1. The van der Waals surface area contributed by atoms with Gasteiger partial charge in [-0.1, -0.05) is 30.3 Å². The van der Waals surface area contributed by atoms with Gasteiger partial charge in [-0.3, -0.25) is 0 Å². The Hall–Kier alpha value is -0.950. The maximum Gasteiger partial charge on any atom is 0.215 e. The maximum atomic E-state index is 11.9. The van der Waals surface area contributed by atoms with Crippen molar-refractivity contribution in [3.8, 4) is 0 Å². The molecule has 0 radical (unpaired) electrons. The fraction of sp³-hybridized carbons (Fsp3) is 0.538. The van der Waals surface area contributed by atoms with E-state index in [-0.39, 0.29) is 18.4 Å². The highest BCUT2D eigenvalue weighted by Crippen LogP contribution is 2.21. The number of hydrogen-bond acceptors (Lipinski definition) is 4. The Bertz CT molecular complexity index is 513. The third-order valence-electron chi connectivity index (χ3n) is 2.80. The minimum absolute atomic E-state index is 0.0230. The summed E-state index contributed by atoms with van der Waals surface area (Å²) in [7, 11) is -3.34. The van der Waals surface area contributed by atoms with Gasteiger partial charge in [0.1, 0.15) is 0 Å². The van der Waals surface area contributed by atoms with Gasteiger partial charge in [0.25, 0.3) is 0 Å². The molecule has 1 N–H and O–H groups in total. The van der Waals surface area contributed by atoms with Crippen LogP contribution in [0, 0.1) is 0 Å². The molecule has 1 atom stereocenters. The van der Waals surface area contributed by atoms with Gasteiger partial charge in [0.15, 0.2) is 5.79 Å². The summed E-state index contributed by atoms with van der Waals surface area (Å²) < 4.78 is 37.3. The highest BCUT2D eigenvalue weighted by atomic mass is 32.2. The molecule has 0 aromatic heterocycles. The van der Waals surface area contributed by atoms with Gasteiger partial charge in [-0.15, -0.1) is 0 Å². The fourth-order valence-corrected chi connectivity index (χ4v) is 3.10. The number of benzene rings is 1. The predicted octanol–water partition coefficient (Wildman–Crippen LogP) is 1.26. The van der Waals surface area contributed by atoms with Gasteiger partial charge >= 0.3 is 0 Å². The number of ether oxygens (including phenoxy) is 2. The summed E-state index contributed by atoms with van der Waals surface area (Å²) in [4.78, 5) is 0. The molecule has 2 rings (SSSR count). The molecule has 0 saturated carbocycles. The second-order valence-electron chi connectivity index (χ2n) is 5.04. The molecule has 0 amide bonds. The zero-order chi connectivity index (χ0) is 13.9. The first kappa shape index (κ1) is 14.5. The summed E-state index contributed by atoms with van der Waals surface area (Å²) in [6, 6.07) is 9.08. The molecule has 0 bridgehead atoms. The van der Waals surface area contributed by atoms with Crippen LogP contribution in [0.1, 0.15) is 19.4 Å². The summed E-state index contributed by atoms with van der Waals surface area (Å²) in [5.74, 6) is -0.652. The van der Waals surface area contributed by atoms with Crippen LogP contribution in [0.15, 0.2) is 30.3 Å². The minimum atomic E-state index is -3.34. The molecule has 5 nitrogen and oxygen atoms in total. The van der Waals surface area contributed by atoms with Crippen molar-refractivity contribution in [2.24, 2.45) is 0 Å². The van der Waals surface area contributed by atoms with Crippen LogP contribution < -0.4 is 4.72 Å². The van der Waals surface area contributed by atoms with Crippen molar-refractivity contribution >= 4 is 10.0 Å². The standard InChI is InChI=1S/C13H19NO4S/c1-13(2)17-9-12(18-13)8-14-19(15,16)10-11-6-4-3-5-7-11/h3-7,12,14H,8-10H2,1-2H3. The van der Waals surface area contributed by atoms with Crippen molar-refractivity contribution in [3.63, 3.8) is 0 Å². The van der Waals surface area contributed by atoms with Crippen LogP contribution in [0.4, 0.5) is 0 Å². The van der Waals surface area contributed by atoms with Gasteiger partial charge in [0.05, 0.1) is 18.5 Å². The van der Waals surface area contributed by atoms with Gasteiger partial charge in [-0.25, -0.2) is 13.1 Å². The number of hydrogen-bond donors (Lipinski definition) is 1. The average Bonchev–Trinajstić information content (AvgIpc) is 2.67. The molecule has 1 heterocycles. The van der Waals surface area contributed by atoms with Gasteiger partial charge in [0.2, 0.25) is 10.0 Å². The Kier molecular flexibility index (Phi) is 4.25. The second-order valence-corrected chi connectivity index (χ2v) is 6.85. The summed E-state index contributed by atoms with van der Waals surface area (Å²) in [5, 5.41) is 0. The SMILES string of the molecule is CC1(C)OCC(CNS(=O)(=O)Cc2ccccc2)O1. The van der Waals surface area contributed by atoms with Crippen LogP contribution in [0.25, 0.3) is 0 Å². The molecule has 1 aromatic carbocycles. The molecule has 1 fully saturated rings. The van der Waals surface area contributed by atoms with Crippen LogP contribution in [0.5, 0.6) is 0 Å². The largest absolute Gasteiger partial charge is 0.348 e. The van der Waals surface area contributed by atoms with E-state index in [1.54, 1.807) is 12.1 Å². The number of rotatable bonds is 5. The highest BCUT2D eigenvalue weighted by Gasteiger charge is 2.33. The topological polar surface area (TPSA) is 64.6 Å². The third-order valence-corrected chi connectivity index (χ3v) is 4.12.